The number of rotatable bonds is 5. The van der Waals surface area contributed by atoms with Crippen molar-refractivity contribution in [3.8, 4) is 6.07 Å². The molecule has 5 nitrogen and oxygen atoms in total. The lowest BCUT2D eigenvalue weighted by Gasteiger charge is -2.09. The molecule has 0 unspecified atom stereocenters. The first-order valence-electron chi connectivity index (χ1n) is 7.05. The van der Waals surface area contributed by atoms with Crippen LogP contribution in [0, 0.1) is 17.1 Å². The molecule has 3 N–H and O–H groups in total. The highest BCUT2D eigenvalue weighted by atomic mass is 19.1. The first-order valence-corrected chi connectivity index (χ1v) is 7.05. The van der Waals surface area contributed by atoms with Gasteiger partial charge in [-0.1, -0.05) is 24.3 Å². The summed E-state index contributed by atoms with van der Waals surface area (Å²) >= 11 is 0. The van der Waals surface area contributed by atoms with Gasteiger partial charge in [-0.05, 0) is 35.7 Å². The molecule has 2 amide bonds. The third-order valence-corrected chi connectivity index (χ3v) is 3.26. The van der Waals surface area contributed by atoms with Gasteiger partial charge in [0.1, 0.15) is 11.9 Å². The van der Waals surface area contributed by atoms with Crippen molar-refractivity contribution in [2.75, 3.05) is 11.9 Å². The van der Waals surface area contributed by atoms with E-state index < -0.39 is 11.8 Å². The SMILES string of the molecule is N#Cc1cc(F)ccc1NC(=O)NCCc1ccc(CO)cc1. The van der Waals surface area contributed by atoms with Crippen LogP contribution in [0.2, 0.25) is 0 Å². The predicted octanol–water partition coefficient (Wildman–Crippen LogP) is 2.55. The highest BCUT2D eigenvalue weighted by Gasteiger charge is 2.07. The first-order chi connectivity index (χ1) is 11.1. The summed E-state index contributed by atoms with van der Waals surface area (Å²) in [6.45, 7) is 0.410. The topological polar surface area (TPSA) is 85.2 Å². The Labute approximate surface area is 133 Å². The van der Waals surface area contributed by atoms with E-state index in [9.17, 15) is 9.18 Å². The first kappa shape index (κ1) is 16.5. The molecule has 0 atom stereocenters. The molecule has 0 aromatic heterocycles. The minimum atomic E-state index is -0.529. The number of halogens is 1. The van der Waals surface area contributed by atoms with Crippen LogP contribution >= 0.6 is 0 Å². The molecule has 118 valence electrons. The number of hydrogen-bond donors (Lipinski definition) is 3. The second kappa shape index (κ2) is 7.92. The average molecular weight is 313 g/mol. The van der Waals surface area contributed by atoms with Gasteiger partial charge in [0.25, 0.3) is 0 Å². The number of nitrogens with one attached hydrogen (secondary N) is 2. The number of aliphatic hydroxyl groups is 1. The molecule has 0 radical (unpaired) electrons. The quantitative estimate of drug-likeness (QED) is 0.793. The fourth-order valence-corrected chi connectivity index (χ4v) is 2.02. The number of anilines is 1. The Balaban J connectivity index is 1.84. The number of nitrogens with zero attached hydrogens (tertiary/aromatic N) is 1. The minimum Gasteiger partial charge on any atom is -0.392 e. The zero-order chi connectivity index (χ0) is 16.7. The summed E-state index contributed by atoms with van der Waals surface area (Å²) in [6.07, 6.45) is 0.633. The van der Waals surface area contributed by atoms with Gasteiger partial charge in [0.15, 0.2) is 0 Å². The Bertz CT molecular complexity index is 724. The molecule has 23 heavy (non-hydrogen) atoms. The van der Waals surface area contributed by atoms with Crippen molar-refractivity contribution in [3.63, 3.8) is 0 Å². The van der Waals surface area contributed by atoms with Crippen molar-refractivity contribution < 1.29 is 14.3 Å². The van der Waals surface area contributed by atoms with Gasteiger partial charge in [-0.3, -0.25) is 0 Å². The van der Waals surface area contributed by atoms with Crippen LogP contribution in [-0.4, -0.2) is 17.7 Å². The Morgan fingerprint density at radius 2 is 1.87 bits per heavy atom. The van der Waals surface area contributed by atoms with Gasteiger partial charge in [-0.25, -0.2) is 9.18 Å². The number of hydrogen-bond acceptors (Lipinski definition) is 3. The molecule has 0 spiro atoms. The maximum Gasteiger partial charge on any atom is 0.319 e. The summed E-state index contributed by atoms with van der Waals surface area (Å²) in [6, 6.07) is 12.4. The maximum absolute atomic E-state index is 13.0. The van der Waals surface area contributed by atoms with E-state index >= 15 is 0 Å². The summed E-state index contributed by atoms with van der Waals surface area (Å²) in [4.78, 5) is 11.8. The molecule has 0 bridgehead atoms. The van der Waals surface area contributed by atoms with Gasteiger partial charge in [0, 0.05) is 6.54 Å². The van der Waals surface area contributed by atoms with Crippen LogP contribution in [0.5, 0.6) is 0 Å². The van der Waals surface area contributed by atoms with Gasteiger partial charge < -0.3 is 15.7 Å². The minimum absolute atomic E-state index is 0.000167. The van der Waals surface area contributed by atoms with Crippen LogP contribution in [0.25, 0.3) is 0 Å². The number of aliphatic hydroxyl groups excluding tert-OH is 1. The van der Waals surface area contributed by atoms with E-state index in [0.717, 1.165) is 17.2 Å². The zero-order valence-corrected chi connectivity index (χ0v) is 12.3. The smallest absolute Gasteiger partial charge is 0.319 e. The van der Waals surface area contributed by atoms with Crippen LogP contribution in [0.3, 0.4) is 0 Å². The number of nitriles is 1. The summed E-state index contributed by atoms with van der Waals surface area (Å²) in [5.41, 5.74) is 2.19. The second-order valence-electron chi connectivity index (χ2n) is 4.91. The number of carbonyl (C=O) groups is 1. The van der Waals surface area contributed by atoms with Gasteiger partial charge in [-0.2, -0.15) is 5.26 Å². The monoisotopic (exact) mass is 313 g/mol. The predicted molar refractivity (Wildman–Crippen MR) is 84.2 cm³/mol. The second-order valence-corrected chi connectivity index (χ2v) is 4.91. The van der Waals surface area contributed by atoms with E-state index in [1.165, 1.54) is 12.1 Å². The van der Waals surface area contributed by atoms with Crippen molar-refractivity contribution in [3.05, 3.63) is 65.0 Å². The molecule has 2 rings (SSSR count). The lowest BCUT2D eigenvalue weighted by Crippen LogP contribution is -2.30. The van der Waals surface area contributed by atoms with Crippen LogP contribution < -0.4 is 10.6 Å². The average Bonchev–Trinajstić information content (AvgIpc) is 2.57. The Morgan fingerprint density at radius 1 is 1.17 bits per heavy atom. The molecule has 2 aromatic carbocycles. The number of urea groups is 1. The third kappa shape index (κ3) is 4.80. The molecule has 0 saturated carbocycles. The molecular formula is C17H16FN3O2. The molecule has 6 heteroatoms. The van der Waals surface area contributed by atoms with E-state index in [1.54, 1.807) is 0 Å². The lowest BCUT2D eigenvalue weighted by molar-refractivity contribution is 0.252. The molecule has 0 saturated heterocycles. The summed E-state index contributed by atoms with van der Waals surface area (Å²) < 4.78 is 13.0. The van der Waals surface area contributed by atoms with Crippen molar-refractivity contribution in [2.24, 2.45) is 0 Å². The fraction of sp³-hybridized carbons (Fsp3) is 0.176. The summed E-state index contributed by atoms with van der Waals surface area (Å²) in [5.74, 6) is -0.529. The van der Waals surface area contributed by atoms with Crippen LogP contribution in [0.1, 0.15) is 16.7 Å². The van der Waals surface area contributed by atoms with E-state index in [-0.39, 0.29) is 17.9 Å². The van der Waals surface area contributed by atoms with Gasteiger partial charge in [0.05, 0.1) is 17.9 Å². The molecule has 0 aliphatic rings. The Kier molecular flexibility index (Phi) is 5.67. The van der Waals surface area contributed by atoms with Crippen LogP contribution in [0.15, 0.2) is 42.5 Å². The summed E-state index contributed by atoms with van der Waals surface area (Å²) in [7, 11) is 0. The molecule has 0 heterocycles. The van der Waals surface area contributed by atoms with E-state index in [1.807, 2.05) is 30.3 Å². The maximum atomic E-state index is 13.0. The van der Waals surface area contributed by atoms with E-state index in [4.69, 9.17) is 10.4 Å². The fourth-order valence-electron chi connectivity index (χ4n) is 2.02. The van der Waals surface area contributed by atoms with Gasteiger partial charge in [0.2, 0.25) is 0 Å². The van der Waals surface area contributed by atoms with Crippen molar-refractivity contribution in [1.29, 1.82) is 5.26 Å². The normalized spacial score (nSPS) is 9.96. The largest absolute Gasteiger partial charge is 0.392 e. The lowest BCUT2D eigenvalue weighted by atomic mass is 10.1. The number of carbonyl (C=O) groups excluding carboxylic acids is 1. The van der Waals surface area contributed by atoms with Crippen molar-refractivity contribution in [1.82, 2.24) is 5.32 Å². The van der Waals surface area contributed by atoms with Gasteiger partial charge in [-0.15, -0.1) is 0 Å². The number of amides is 2. The van der Waals surface area contributed by atoms with E-state index in [0.29, 0.717) is 13.0 Å². The molecule has 0 aliphatic heterocycles. The van der Waals surface area contributed by atoms with Crippen LogP contribution in [0.4, 0.5) is 14.9 Å². The Morgan fingerprint density at radius 3 is 2.52 bits per heavy atom. The highest BCUT2D eigenvalue weighted by Crippen LogP contribution is 2.15. The molecule has 0 aliphatic carbocycles. The highest BCUT2D eigenvalue weighted by molar-refractivity contribution is 5.90. The molecule has 2 aromatic rings. The summed E-state index contributed by atoms with van der Waals surface area (Å²) in [5, 5.41) is 23.1. The van der Waals surface area contributed by atoms with Crippen molar-refractivity contribution >= 4 is 11.7 Å². The zero-order valence-electron chi connectivity index (χ0n) is 12.3. The number of benzene rings is 2. The standard InChI is InChI=1S/C17H16FN3O2/c18-15-5-6-16(14(9-15)10-19)21-17(23)20-8-7-12-1-3-13(11-22)4-2-12/h1-6,9,22H,7-8,11H2,(H2,20,21,23). The van der Waals surface area contributed by atoms with Gasteiger partial charge >= 0.3 is 6.03 Å². The molecular weight excluding hydrogens is 297 g/mol. The third-order valence-electron chi connectivity index (χ3n) is 3.26. The van der Waals surface area contributed by atoms with Crippen molar-refractivity contribution in [2.45, 2.75) is 13.0 Å². The Hall–Kier alpha value is -2.91. The molecule has 0 fully saturated rings. The van der Waals surface area contributed by atoms with E-state index in [2.05, 4.69) is 10.6 Å². The van der Waals surface area contributed by atoms with Crippen LogP contribution in [-0.2, 0) is 13.0 Å².